The number of fused-ring (bicyclic) bond motifs is 3. The number of hydrogen-bond donors (Lipinski definition) is 1. The van der Waals surface area contributed by atoms with Gasteiger partial charge in [0.25, 0.3) is 5.22 Å². The van der Waals surface area contributed by atoms with E-state index in [0.29, 0.717) is 5.92 Å². The molecular weight excluding hydrogens is 272 g/mol. The van der Waals surface area contributed by atoms with Gasteiger partial charge in [0.2, 0.25) is 5.91 Å². The number of amides is 1. The number of nitrogens with zero attached hydrogens (tertiary/aromatic N) is 1. The predicted octanol–water partition coefficient (Wildman–Crippen LogP) is 3.11. The Balaban J connectivity index is 1.90. The summed E-state index contributed by atoms with van der Waals surface area (Å²) in [5, 5.41) is 3.60. The molecule has 0 bridgehead atoms. The van der Waals surface area contributed by atoms with Gasteiger partial charge in [-0.25, -0.2) is 4.98 Å². The largest absolute Gasteiger partial charge is 0.431 e. The number of carbonyl (C=O) groups is 1. The number of aromatic nitrogens is 1. The number of thioether (sulfide) groups is 1. The summed E-state index contributed by atoms with van der Waals surface area (Å²) in [5.41, 5.74) is 4.56. The summed E-state index contributed by atoms with van der Waals surface area (Å²) in [4.78, 5) is 15.5. The minimum absolute atomic E-state index is 0.0331. The average molecular weight is 290 g/mol. The van der Waals surface area contributed by atoms with Crippen LogP contribution in [0.1, 0.15) is 36.8 Å². The zero-order valence-corrected chi connectivity index (χ0v) is 12.5. The van der Waals surface area contributed by atoms with Crippen molar-refractivity contribution >= 4 is 28.8 Å². The van der Waals surface area contributed by atoms with E-state index in [2.05, 4.69) is 16.4 Å². The van der Waals surface area contributed by atoms with Crippen molar-refractivity contribution in [2.24, 2.45) is 0 Å². The first-order valence-electron chi connectivity index (χ1n) is 6.89. The monoisotopic (exact) mass is 290 g/mol. The molecule has 0 fully saturated rings. The highest BCUT2D eigenvalue weighted by atomic mass is 32.2. The molecule has 1 aliphatic carbocycles. The van der Waals surface area contributed by atoms with Gasteiger partial charge in [0.1, 0.15) is 5.52 Å². The minimum Gasteiger partial charge on any atom is -0.431 e. The number of nitrogens with one attached hydrogen (secondary N) is 1. The van der Waals surface area contributed by atoms with E-state index in [1.165, 1.54) is 22.9 Å². The van der Waals surface area contributed by atoms with E-state index in [4.69, 9.17) is 4.42 Å². The van der Waals surface area contributed by atoms with Gasteiger partial charge >= 0.3 is 0 Å². The van der Waals surface area contributed by atoms with Crippen molar-refractivity contribution in [3.63, 3.8) is 0 Å². The molecule has 1 unspecified atom stereocenters. The Kier molecular flexibility index (Phi) is 3.70. The van der Waals surface area contributed by atoms with Gasteiger partial charge in [-0.1, -0.05) is 17.8 Å². The highest BCUT2D eigenvalue weighted by molar-refractivity contribution is 7.98. The summed E-state index contributed by atoms with van der Waals surface area (Å²) in [7, 11) is 0. The molecule has 1 heterocycles. The molecule has 0 radical (unpaired) electrons. The molecule has 1 aliphatic rings. The van der Waals surface area contributed by atoms with Crippen LogP contribution in [-0.2, 0) is 11.2 Å². The molecule has 20 heavy (non-hydrogen) atoms. The Hall–Kier alpha value is -1.49. The second-order valence-electron chi connectivity index (χ2n) is 5.18. The molecule has 3 rings (SSSR count). The summed E-state index contributed by atoms with van der Waals surface area (Å²) in [5.74, 6) is 0.494. The molecule has 1 aromatic carbocycles. The summed E-state index contributed by atoms with van der Waals surface area (Å²) in [6, 6.07) is 4.22. The van der Waals surface area contributed by atoms with Crippen LogP contribution in [0.25, 0.3) is 11.1 Å². The second kappa shape index (κ2) is 5.48. The van der Waals surface area contributed by atoms with Gasteiger partial charge < -0.3 is 9.73 Å². The van der Waals surface area contributed by atoms with Crippen molar-refractivity contribution in [1.82, 2.24) is 10.3 Å². The molecule has 2 aromatic rings. The van der Waals surface area contributed by atoms with Crippen LogP contribution in [0.5, 0.6) is 0 Å². The Morgan fingerprint density at radius 1 is 1.55 bits per heavy atom. The molecule has 4 nitrogen and oxygen atoms in total. The fraction of sp³-hybridized carbons (Fsp3) is 0.467. The fourth-order valence-electron chi connectivity index (χ4n) is 2.97. The van der Waals surface area contributed by atoms with Gasteiger partial charge in [0.05, 0.1) is 0 Å². The van der Waals surface area contributed by atoms with E-state index < -0.39 is 0 Å². The van der Waals surface area contributed by atoms with Crippen LogP contribution < -0.4 is 5.32 Å². The Morgan fingerprint density at radius 3 is 3.15 bits per heavy atom. The lowest BCUT2D eigenvalue weighted by molar-refractivity contribution is -0.118. The molecule has 1 atom stereocenters. The molecule has 106 valence electrons. The van der Waals surface area contributed by atoms with Crippen LogP contribution in [0.3, 0.4) is 0 Å². The lowest BCUT2D eigenvalue weighted by Crippen LogP contribution is -2.22. The first-order chi connectivity index (χ1) is 9.69. The number of aryl methyl sites for hydroxylation is 1. The third-order valence-corrected chi connectivity index (χ3v) is 4.40. The van der Waals surface area contributed by atoms with Gasteiger partial charge in [0.15, 0.2) is 5.58 Å². The molecule has 0 aliphatic heterocycles. The van der Waals surface area contributed by atoms with Crippen LogP contribution in [-0.4, -0.2) is 23.7 Å². The third kappa shape index (κ3) is 2.42. The highest BCUT2D eigenvalue weighted by Gasteiger charge is 2.27. The van der Waals surface area contributed by atoms with Gasteiger partial charge in [-0.15, -0.1) is 0 Å². The van der Waals surface area contributed by atoms with Crippen molar-refractivity contribution < 1.29 is 9.21 Å². The smallest absolute Gasteiger partial charge is 0.256 e. The molecule has 0 saturated heterocycles. The van der Waals surface area contributed by atoms with Gasteiger partial charge in [-0.2, -0.15) is 0 Å². The van der Waals surface area contributed by atoms with Crippen molar-refractivity contribution in [1.29, 1.82) is 0 Å². The van der Waals surface area contributed by atoms with Crippen LogP contribution in [0, 0.1) is 0 Å². The Bertz CT molecular complexity index is 651. The summed E-state index contributed by atoms with van der Waals surface area (Å²) >= 11 is 1.53. The van der Waals surface area contributed by atoms with E-state index in [9.17, 15) is 4.79 Å². The number of rotatable bonds is 4. The minimum atomic E-state index is 0.0331. The van der Waals surface area contributed by atoms with Crippen molar-refractivity contribution in [3.8, 4) is 0 Å². The fourth-order valence-corrected chi connectivity index (χ4v) is 3.33. The summed E-state index contributed by atoms with van der Waals surface area (Å²) in [6.07, 6.45) is 5.15. The van der Waals surface area contributed by atoms with Gasteiger partial charge in [-0.05, 0) is 43.1 Å². The molecule has 1 aromatic heterocycles. The normalized spacial score (nSPS) is 17.4. The Morgan fingerprint density at radius 2 is 2.40 bits per heavy atom. The van der Waals surface area contributed by atoms with Crippen molar-refractivity contribution in [3.05, 3.63) is 23.3 Å². The van der Waals surface area contributed by atoms with E-state index in [0.717, 1.165) is 42.1 Å². The average Bonchev–Trinajstić information content (AvgIpc) is 3.00. The first-order valence-corrected chi connectivity index (χ1v) is 8.12. The zero-order valence-electron chi connectivity index (χ0n) is 11.7. The lowest BCUT2D eigenvalue weighted by Gasteiger charge is -2.11. The SMILES string of the molecule is CSc1nc2ccc3c(c2o1)C(CCNC(C)=O)CC3. The molecule has 1 amide bonds. The predicted molar refractivity (Wildman–Crippen MR) is 80.2 cm³/mol. The maximum Gasteiger partial charge on any atom is 0.256 e. The quantitative estimate of drug-likeness (QED) is 0.879. The number of carbonyl (C=O) groups excluding carboxylic acids is 1. The molecule has 0 spiro atoms. The van der Waals surface area contributed by atoms with Gasteiger partial charge in [-0.3, -0.25) is 4.79 Å². The van der Waals surface area contributed by atoms with Crippen LogP contribution in [0.4, 0.5) is 0 Å². The van der Waals surface area contributed by atoms with Crippen LogP contribution >= 0.6 is 11.8 Å². The van der Waals surface area contributed by atoms with E-state index in [-0.39, 0.29) is 5.91 Å². The van der Waals surface area contributed by atoms with Crippen molar-refractivity contribution in [2.45, 2.75) is 37.3 Å². The summed E-state index contributed by atoms with van der Waals surface area (Å²) in [6.45, 7) is 2.28. The second-order valence-corrected chi connectivity index (χ2v) is 5.94. The van der Waals surface area contributed by atoms with E-state index in [1.807, 2.05) is 12.3 Å². The Labute approximate surface area is 122 Å². The summed E-state index contributed by atoms with van der Waals surface area (Å²) < 4.78 is 5.88. The van der Waals surface area contributed by atoms with Gasteiger partial charge in [0, 0.05) is 19.0 Å². The molecule has 0 saturated carbocycles. The standard InChI is InChI=1S/C15H18N2O2S/c1-9(18)16-8-7-11-4-3-10-5-6-12-14(13(10)11)19-15(17-12)20-2/h5-6,11H,3-4,7-8H2,1-2H3,(H,16,18). The van der Waals surface area contributed by atoms with Crippen LogP contribution in [0.15, 0.2) is 21.8 Å². The topological polar surface area (TPSA) is 55.1 Å². The number of hydrogen-bond acceptors (Lipinski definition) is 4. The maximum atomic E-state index is 11.0. The highest BCUT2D eigenvalue weighted by Crippen LogP contribution is 2.40. The van der Waals surface area contributed by atoms with Crippen molar-refractivity contribution in [2.75, 3.05) is 12.8 Å². The third-order valence-electron chi connectivity index (χ3n) is 3.88. The lowest BCUT2D eigenvalue weighted by atomic mass is 9.97. The maximum absolute atomic E-state index is 11.0. The number of benzene rings is 1. The van der Waals surface area contributed by atoms with E-state index >= 15 is 0 Å². The first kappa shape index (κ1) is 13.5. The molecule has 5 heteroatoms. The number of oxazole rings is 1. The molecule has 1 N–H and O–H groups in total. The molecular formula is C15H18N2O2S. The zero-order chi connectivity index (χ0) is 14.1. The van der Waals surface area contributed by atoms with Crippen LogP contribution in [0.2, 0.25) is 0 Å². The van der Waals surface area contributed by atoms with E-state index in [1.54, 1.807) is 6.92 Å².